The topological polar surface area (TPSA) is 79.9 Å². The number of ether oxygens (including phenoxy) is 2. The Kier molecular flexibility index (Phi) is 5.78. The Balaban J connectivity index is 2.04. The third-order valence-electron chi connectivity index (χ3n) is 4.68. The second-order valence-electron chi connectivity index (χ2n) is 6.37. The number of hydrogen-bond donors (Lipinski definition) is 2. The molecular weight excluding hydrogens is 334 g/mol. The average molecular weight is 359 g/mol. The first kappa shape index (κ1) is 18.3. The summed E-state index contributed by atoms with van der Waals surface area (Å²) in [6.07, 6.45) is 2.26. The summed E-state index contributed by atoms with van der Waals surface area (Å²) in [5, 5.41) is 5.66. The maximum absolute atomic E-state index is 12.7. The van der Waals surface area contributed by atoms with Gasteiger partial charge in [-0.05, 0) is 38.9 Å². The minimum atomic E-state index is -0.614. The molecule has 2 aliphatic rings. The summed E-state index contributed by atoms with van der Waals surface area (Å²) < 4.78 is 10.7. The molecule has 0 aromatic heterocycles. The van der Waals surface area contributed by atoms with Gasteiger partial charge in [-0.25, -0.2) is 9.59 Å². The number of urea groups is 1. The van der Waals surface area contributed by atoms with Crippen LogP contribution in [0.5, 0.6) is 5.75 Å². The van der Waals surface area contributed by atoms with Crippen LogP contribution in [0.15, 0.2) is 35.5 Å². The van der Waals surface area contributed by atoms with E-state index in [-0.39, 0.29) is 12.6 Å². The highest BCUT2D eigenvalue weighted by atomic mass is 16.5. The molecule has 7 nitrogen and oxygen atoms in total. The molecule has 0 spiro atoms. The van der Waals surface area contributed by atoms with E-state index in [2.05, 4.69) is 15.5 Å². The first-order chi connectivity index (χ1) is 12.6. The van der Waals surface area contributed by atoms with Gasteiger partial charge in [0.2, 0.25) is 0 Å². The van der Waals surface area contributed by atoms with Crippen molar-refractivity contribution < 1.29 is 19.1 Å². The minimum Gasteiger partial charge on any atom is -0.496 e. The van der Waals surface area contributed by atoms with Crippen LogP contribution in [0.1, 0.15) is 31.4 Å². The van der Waals surface area contributed by atoms with Crippen molar-refractivity contribution in [3.63, 3.8) is 0 Å². The lowest BCUT2D eigenvalue weighted by Crippen LogP contribution is -2.48. The van der Waals surface area contributed by atoms with Crippen molar-refractivity contribution in [2.75, 3.05) is 33.4 Å². The molecule has 1 unspecified atom stereocenters. The van der Waals surface area contributed by atoms with E-state index >= 15 is 0 Å². The zero-order valence-electron chi connectivity index (χ0n) is 15.2. The van der Waals surface area contributed by atoms with E-state index in [1.165, 1.54) is 0 Å². The number of rotatable bonds is 6. The fourth-order valence-corrected chi connectivity index (χ4v) is 3.50. The van der Waals surface area contributed by atoms with Gasteiger partial charge < -0.3 is 20.1 Å². The van der Waals surface area contributed by atoms with E-state index in [9.17, 15) is 9.59 Å². The largest absolute Gasteiger partial charge is 0.496 e. The molecule has 7 heteroatoms. The van der Waals surface area contributed by atoms with Crippen LogP contribution in [-0.2, 0) is 9.53 Å². The average Bonchev–Trinajstić information content (AvgIpc) is 3.14. The lowest BCUT2D eigenvalue weighted by Gasteiger charge is -2.31. The molecule has 2 heterocycles. The van der Waals surface area contributed by atoms with E-state index in [1.807, 2.05) is 24.3 Å². The summed E-state index contributed by atoms with van der Waals surface area (Å²) in [6.45, 7) is 4.48. The first-order valence-corrected chi connectivity index (χ1v) is 8.97. The van der Waals surface area contributed by atoms with Gasteiger partial charge in [0.05, 0.1) is 25.3 Å². The predicted molar refractivity (Wildman–Crippen MR) is 96.7 cm³/mol. The quantitative estimate of drug-likeness (QED) is 0.759. The van der Waals surface area contributed by atoms with E-state index in [4.69, 9.17) is 9.47 Å². The van der Waals surface area contributed by atoms with E-state index in [1.54, 1.807) is 14.0 Å². The highest BCUT2D eigenvalue weighted by Crippen LogP contribution is 2.33. The van der Waals surface area contributed by atoms with Crippen LogP contribution in [0, 0.1) is 0 Å². The normalized spacial score (nSPS) is 20.5. The van der Waals surface area contributed by atoms with Crippen LogP contribution < -0.4 is 15.4 Å². The zero-order chi connectivity index (χ0) is 18.5. The summed E-state index contributed by atoms with van der Waals surface area (Å²) in [7, 11) is 1.57. The van der Waals surface area contributed by atoms with Crippen molar-refractivity contribution in [2.45, 2.75) is 25.8 Å². The van der Waals surface area contributed by atoms with Crippen molar-refractivity contribution in [3.8, 4) is 5.75 Å². The maximum atomic E-state index is 12.7. The van der Waals surface area contributed by atoms with Crippen molar-refractivity contribution in [1.82, 2.24) is 15.5 Å². The number of hydrogen-bond acceptors (Lipinski definition) is 5. The molecule has 1 aromatic carbocycles. The number of benzene rings is 1. The number of nitrogens with zero attached hydrogens (tertiary/aromatic N) is 1. The zero-order valence-corrected chi connectivity index (χ0v) is 15.2. The number of esters is 1. The van der Waals surface area contributed by atoms with E-state index in [0.29, 0.717) is 23.6 Å². The molecule has 1 fully saturated rings. The standard InChI is InChI=1S/C19H25N3O4/c1-3-26-18(23)16-14(12-22-10-6-7-11-22)20-19(24)21-17(16)13-8-4-5-9-15(13)25-2/h4-5,8-9,17H,3,6-7,10-12H2,1-2H3,(H2,20,21,24). The molecule has 1 atom stereocenters. The first-order valence-electron chi connectivity index (χ1n) is 8.97. The number of carbonyl (C=O) groups excluding carboxylic acids is 2. The number of likely N-dealkylation sites (tertiary alicyclic amines) is 1. The molecule has 0 bridgehead atoms. The fourth-order valence-electron chi connectivity index (χ4n) is 3.50. The van der Waals surface area contributed by atoms with Crippen LogP contribution >= 0.6 is 0 Å². The number of nitrogens with one attached hydrogen (secondary N) is 2. The second kappa shape index (κ2) is 8.23. The Bertz CT molecular complexity index is 710. The lowest BCUT2D eigenvalue weighted by atomic mass is 9.94. The highest BCUT2D eigenvalue weighted by molar-refractivity contribution is 5.95. The number of methoxy groups -OCH3 is 1. The molecule has 3 rings (SSSR count). The van der Waals surface area contributed by atoms with Crippen LogP contribution in [0.4, 0.5) is 4.79 Å². The monoisotopic (exact) mass is 359 g/mol. The van der Waals surface area contributed by atoms with Crippen molar-refractivity contribution in [2.24, 2.45) is 0 Å². The molecule has 0 radical (unpaired) electrons. The highest BCUT2D eigenvalue weighted by Gasteiger charge is 2.35. The summed E-state index contributed by atoms with van der Waals surface area (Å²) in [5.41, 5.74) is 1.76. The Labute approximate surface area is 153 Å². The van der Waals surface area contributed by atoms with Gasteiger partial charge in [-0.2, -0.15) is 0 Å². The third-order valence-corrected chi connectivity index (χ3v) is 4.68. The molecule has 2 N–H and O–H groups in total. The van der Waals surface area contributed by atoms with Crippen LogP contribution in [0.3, 0.4) is 0 Å². The van der Waals surface area contributed by atoms with Gasteiger partial charge in [0, 0.05) is 17.8 Å². The van der Waals surface area contributed by atoms with Crippen LogP contribution in [0.25, 0.3) is 0 Å². The maximum Gasteiger partial charge on any atom is 0.338 e. The Hall–Kier alpha value is -2.54. The predicted octanol–water partition coefficient (Wildman–Crippen LogP) is 1.96. The minimum absolute atomic E-state index is 0.270. The molecule has 26 heavy (non-hydrogen) atoms. The smallest absolute Gasteiger partial charge is 0.338 e. The van der Waals surface area contributed by atoms with E-state index < -0.39 is 12.0 Å². The number of amides is 2. The van der Waals surface area contributed by atoms with Crippen molar-refractivity contribution >= 4 is 12.0 Å². The summed E-state index contributed by atoms with van der Waals surface area (Å²) in [6, 6.07) is 6.42. The SMILES string of the molecule is CCOC(=O)C1=C(CN2CCCC2)NC(=O)NC1c1ccccc1OC. The van der Waals surface area contributed by atoms with Gasteiger partial charge in [-0.1, -0.05) is 18.2 Å². The number of carbonyl (C=O) groups is 2. The molecule has 140 valence electrons. The second-order valence-corrected chi connectivity index (χ2v) is 6.37. The third kappa shape index (κ3) is 3.83. The molecule has 2 aliphatic heterocycles. The summed E-state index contributed by atoms with van der Waals surface area (Å²) in [5.74, 6) is 0.187. The molecule has 0 aliphatic carbocycles. The Morgan fingerprint density at radius 2 is 2.00 bits per heavy atom. The van der Waals surface area contributed by atoms with Crippen LogP contribution in [0.2, 0.25) is 0 Å². The molecule has 0 saturated carbocycles. The Morgan fingerprint density at radius 3 is 2.69 bits per heavy atom. The van der Waals surface area contributed by atoms with Gasteiger partial charge in [0.15, 0.2) is 0 Å². The summed E-state index contributed by atoms with van der Waals surface area (Å²) in [4.78, 5) is 27.3. The van der Waals surface area contributed by atoms with Crippen molar-refractivity contribution in [1.29, 1.82) is 0 Å². The van der Waals surface area contributed by atoms with Crippen molar-refractivity contribution in [3.05, 3.63) is 41.1 Å². The van der Waals surface area contributed by atoms with E-state index in [0.717, 1.165) is 31.5 Å². The number of para-hydroxylation sites is 1. The van der Waals surface area contributed by atoms with Gasteiger partial charge >= 0.3 is 12.0 Å². The Morgan fingerprint density at radius 1 is 1.27 bits per heavy atom. The molecular formula is C19H25N3O4. The molecule has 2 amide bonds. The fraction of sp³-hybridized carbons (Fsp3) is 0.474. The van der Waals surface area contributed by atoms with Gasteiger partial charge in [0.1, 0.15) is 5.75 Å². The molecule has 1 saturated heterocycles. The van der Waals surface area contributed by atoms with Gasteiger partial charge in [-0.3, -0.25) is 4.90 Å². The lowest BCUT2D eigenvalue weighted by molar-refractivity contribution is -0.139. The van der Waals surface area contributed by atoms with Gasteiger partial charge in [-0.15, -0.1) is 0 Å². The molecule has 1 aromatic rings. The van der Waals surface area contributed by atoms with Gasteiger partial charge in [0.25, 0.3) is 0 Å². The summed E-state index contributed by atoms with van der Waals surface area (Å²) >= 11 is 0. The van der Waals surface area contributed by atoms with Crippen LogP contribution in [-0.4, -0.2) is 50.3 Å².